The number of hydrogen-bond donors (Lipinski definition) is 2. The number of rotatable bonds is 6. The number of amides is 1. The van der Waals surface area contributed by atoms with Crippen molar-refractivity contribution in [3.05, 3.63) is 68.2 Å². The highest BCUT2D eigenvalue weighted by atomic mass is 35.5. The lowest BCUT2D eigenvalue weighted by molar-refractivity contribution is -0.384. The minimum atomic E-state index is -0.542. The van der Waals surface area contributed by atoms with Gasteiger partial charge in [0.15, 0.2) is 0 Å². The average molecular weight is 367 g/mol. The van der Waals surface area contributed by atoms with E-state index in [9.17, 15) is 14.9 Å². The van der Waals surface area contributed by atoms with Gasteiger partial charge in [-0.05, 0) is 18.2 Å². The molecular formula is C15H12Cl2N4O3. The Hall–Kier alpha value is -2.64. The van der Waals surface area contributed by atoms with E-state index in [4.69, 9.17) is 23.2 Å². The highest BCUT2D eigenvalue weighted by Gasteiger charge is 2.08. The number of non-ortho nitro benzene ring substituents is 1. The van der Waals surface area contributed by atoms with Crippen molar-refractivity contribution in [1.29, 1.82) is 0 Å². The molecule has 124 valence electrons. The smallest absolute Gasteiger partial charge is 0.270 e. The van der Waals surface area contributed by atoms with Gasteiger partial charge in [-0.3, -0.25) is 14.9 Å². The van der Waals surface area contributed by atoms with E-state index in [1.807, 2.05) is 0 Å². The summed E-state index contributed by atoms with van der Waals surface area (Å²) in [6.07, 6.45) is 1.24. The summed E-state index contributed by atoms with van der Waals surface area (Å²) in [5.74, 6) is -0.410. The molecule has 7 nitrogen and oxygen atoms in total. The molecule has 0 atom stereocenters. The van der Waals surface area contributed by atoms with Gasteiger partial charge in [-0.15, -0.1) is 0 Å². The number of hydrogen-bond acceptors (Lipinski definition) is 5. The number of benzene rings is 2. The van der Waals surface area contributed by atoms with Gasteiger partial charge in [0.25, 0.3) is 11.6 Å². The molecule has 2 aromatic rings. The van der Waals surface area contributed by atoms with Gasteiger partial charge < -0.3 is 5.32 Å². The number of anilines is 1. The van der Waals surface area contributed by atoms with Crippen molar-refractivity contribution in [3.63, 3.8) is 0 Å². The third-order valence-electron chi connectivity index (χ3n) is 2.90. The van der Waals surface area contributed by atoms with Crippen molar-refractivity contribution in [2.75, 3.05) is 11.9 Å². The van der Waals surface area contributed by atoms with E-state index in [1.54, 1.807) is 24.3 Å². The largest absolute Gasteiger partial charge is 0.375 e. The van der Waals surface area contributed by atoms with Crippen molar-refractivity contribution >= 4 is 46.7 Å². The van der Waals surface area contributed by atoms with Crippen LogP contribution in [0.1, 0.15) is 5.56 Å². The van der Waals surface area contributed by atoms with Crippen LogP contribution < -0.4 is 10.7 Å². The number of nitrogens with zero attached hydrogens (tertiary/aromatic N) is 2. The zero-order valence-electron chi connectivity index (χ0n) is 12.2. The number of carbonyl (C=O) groups is 1. The van der Waals surface area contributed by atoms with Crippen LogP contribution in [0.3, 0.4) is 0 Å². The van der Waals surface area contributed by atoms with Crippen LogP contribution in [0, 0.1) is 10.1 Å². The molecule has 0 fully saturated rings. The second-order valence-corrected chi connectivity index (χ2v) is 5.40. The summed E-state index contributed by atoms with van der Waals surface area (Å²) in [5, 5.41) is 18.1. The molecule has 0 aliphatic heterocycles. The van der Waals surface area contributed by atoms with Gasteiger partial charge in [0.1, 0.15) is 0 Å². The third-order valence-corrected chi connectivity index (χ3v) is 3.57. The van der Waals surface area contributed by atoms with Gasteiger partial charge >= 0.3 is 0 Å². The number of hydrazone groups is 1. The number of carbonyl (C=O) groups excluding carboxylic acids is 1. The van der Waals surface area contributed by atoms with Crippen LogP contribution in [-0.2, 0) is 4.79 Å². The molecule has 0 bridgehead atoms. The molecule has 0 aliphatic rings. The van der Waals surface area contributed by atoms with Gasteiger partial charge in [-0.25, -0.2) is 5.43 Å². The summed E-state index contributed by atoms with van der Waals surface area (Å²) in [7, 11) is 0. The molecule has 2 N–H and O–H groups in total. The van der Waals surface area contributed by atoms with Gasteiger partial charge in [-0.1, -0.05) is 35.3 Å². The van der Waals surface area contributed by atoms with Crippen molar-refractivity contribution in [3.8, 4) is 0 Å². The van der Waals surface area contributed by atoms with E-state index in [-0.39, 0.29) is 17.3 Å². The number of halogens is 2. The molecule has 0 saturated heterocycles. The van der Waals surface area contributed by atoms with E-state index in [2.05, 4.69) is 15.8 Å². The summed E-state index contributed by atoms with van der Waals surface area (Å²) in [4.78, 5) is 21.9. The van der Waals surface area contributed by atoms with Crippen LogP contribution in [0.4, 0.5) is 11.4 Å². The number of para-hydroxylation sites is 1. The molecule has 0 aromatic heterocycles. The fourth-order valence-electron chi connectivity index (χ4n) is 1.74. The second kappa shape index (κ2) is 8.28. The van der Waals surface area contributed by atoms with Crippen molar-refractivity contribution in [2.45, 2.75) is 0 Å². The normalized spacial score (nSPS) is 10.6. The van der Waals surface area contributed by atoms with Crippen LogP contribution in [0.25, 0.3) is 0 Å². The van der Waals surface area contributed by atoms with Gasteiger partial charge in [0.2, 0.25) is 0 Å². The molecule has 1 amide bonds. The molecule has 0 radical (unpaired) electrons. The molecule has 24 heavy (non-hydrogen) atoms. The Kier molecular flexibility index (Phi) is 6.11. The molecule has 2 rings (SSSR count). The lowest BCUT2D eigenvalue weighted by Gasteiger charge is -2.06. The highest BCUT2D eigenvalue weighted by Crippen LogP contribution is 2.21. The van der Waals surface area contributed by atoms with Crippen molar-refractivity contribution in [1.82, 2.24) is 5.43 Å². The SMILES string of the molecule is O=C(CNc1ccccc1Cl)N/N=C/c1cc([N+](=O)[O-])ccc1Cl. The number of nitro benzene ring substituents is 1. The second-order valence-electron chi connectivity index (χ2n) is 4.59. The zero-order valence-corrected chi connectivity index (χ0v) is 13.7. The lowest BCUT2D eigenvalue weighted by Crippen LogP contribution is -2.26. The Labute approximate surface area is 147 Å². The summed E-state index contributed by atoms with van der Waals surface area (Å²) in [5.41, 5.74) is 3.12. The summed E-state index contributed by atoms with van der Waals surface area (Å²) in [6.45, 7) is -0.0380. The third kappa shape index (κ3) is 4.94. The maximum atomic E-state index is 11.7. The van der Waals surface area contributed by atoms with Crippen molar-refractivity contribution in [2.24, 2.45) is 5.10 Å². The monoisotopic (exact) mass is 366 g/mol. The first-order chi connectivity index (χ1) is 11.5. The predicted octanol–water partition coefficient (Wildman–Crippen LogP) is 3.46. The van der Waals surface area contributed by atoms with Gasteiger partial charge in [0, 0.05) is 22.7 Å². The fraction of sp³-hybridized carbons (Fsp3) is 0.0667. The van der Waals surface area contributed by atoms with Gasteiger partial charge in [-0.2, -0.15) is 5.10 Å². The topological polar surface area (TPSA) is 96.6 Å². The minimum absolute atomic E-state index is 0.0380. The summed E-state index contributed by atoms with van der Waals surface area (Å²) >= 11 is 11.9. The predicted molar refractivity (Wildman–Crippen MR) is 93.8 cm³/mol. The first-order valence-corrected chi connectivity index (χ1v) is 7.47. The maximum Gasteiger partial charge on any atom is 0.270 e. The first-order valence-electron chi connectivity index (χ1n) is 6.71. The van der Waals surface area contributed by atoms with E-state index in [0.29, 0.717) is 16.3 Å². The van der Waals surface area contributed by atoms with E-state index >= 15 is 0 Å². The van der Waals surface area contributed by atoms with Crippen LogP contribution in [0.2, 0.25) is 10.0 Å². The van der Waals surface area contributed by atoms with Crippen LogP contribution in [-0.4, -0.2) is 23.6 Å². The summed E-state index contributed by atoms with van der Waals surface area (Å²) in [6, 6.07) is 10.9. The van der Waals surface area contributed by atoms with Gasteiger partial charge in [0.05, 0.1) is 28.4 Å². The molecule has 0 unspecified atom stereocenters. The fourth-order valence-corrected chi connectivity index (χ4v) is 2.11. The quantitative estimate of drug-likeness (QED) is 0.464. The van der Waals surface area contributed by atoms with Crippen molar-refractivity contribution < 1.29 is 9.72 Å². The molecule has 0 heterocycles. The van der Waals surface area contributed by atoms with E-state index in [0.717, 1.165) is 0 Å². The first kappa shape index (κ1) is 17.7. The van der Waals surface area contributed by atoms with E-state index < -0.39 is 10.8 Å². The lowest BCUT2D eigenvalue weighted by atomic mass is 10.2. The molecular weight excluding hydrogens is 355 g/mol. The molecule has 9 heteroatoms. The maximum absolute atomic E-state index is 11.7. The number of nitro groups is 1. The Bertz CT molecular complexity index is 796. The zero-order chi connectivity index (χ0) is 17.5. The average Bonchev–Trinajstić information content (AvgIpc) is 2.55. The Balaban J connectivity index is 1.92. The minimum Gasteiger partial charge on any atom is -0.375 e. The van der Waals surface area contributed by atoms with Crippen LogP contribution >= 0.6 is 23.2 Å². The Morgan fingerprint density at radius 2 is 1.96 bits per heavy atom. The number of nitrogens with one attached hydrogen (secondary N) is 2. The van der Waals surface area contributed by atoms with E-state index in [1.165, 1.54) is 24.4 Å². The Morgan fingerprint density at radius 1 is 1.21 bits per heavy atom. The molecule has 0 aliphatic carbocycles. The molecule has 0 saturated carbocycles. The standard InChI is InChI=1S/C15H12Cl2N4O3/c16-12-6-5-11(21(23)24)7-10(12)8-19-20-15(22)9-18-14-4-2-1-3-13(14)17/h1-8,18H,9H2,(H,20,22)/b19-8+. The molecule has 2 aromatic carbocycles. The van der Waals surface area contributed by atoms with Crippen LogP contribution in [0.15, 0.2) is 47.6 Å². The van der Waals surface area contributed by atoms with Crippen LogP contribution in [0.5, 0.6) is 0 Å². The Morgan fingerprint density at radius 3 is 2.67 bits per heavy atom. The highest BCUT2D eigenvalue weighted by molar-refractivity contribution is 6.33. The molecule has 0 spiro atoms. The summed E-state index contributed by atoms with van der Waals surface area (Å²) < 4.78 is 0.